The summed E-state index contributed by atoms with van der Waals surface area (Å²) in [7, 11) is 0. The van der Waals surface area contributed by atoms with Gasteiger partial charge in [-0.25, -0.2) is 4.98 Å². The largest absolute Gasteiger partial charge is 0.508 e. The topological polar surface area (TPSA) is 37.5 Å². The Balaban J connectivity index is 2.20. The fourth-order valence-corrected chi connectivity index (χ4v) is 1.98. The van der Waals surface area contributed by atoms with Crippen LogP contribution >= 0.6 is 0 Å². The second-order valence-electron chi connectivity index (χ2n) is 4.06. The van der Waals surface area contributed by atoms with E-state index >= 15 is 0 Å². The summed E-state index contributed by atoms with van der Waals surface area (Å²) in [6.45, 7) is 2.00. The zero-order valence-electron chi connectivity index (χ0n) is 9.46. The van der Waals surface area contributed by atoms with E-state index < -0.39 is 0 Å². The lowest BCUT2D eigenvalue weighted by atomic mass is 10.1. The minimum Gasteiger partial charge on any atom is -0.508 e. The molecule has 0 atom stereocenters. The molecule has 0 amide bonds. The highest BCUT2D eigenvalue weighted by atomic mass is 16.3. The van der Waals surface area contributed by atoms with Gasteiger partial charge in [-0.05, 0) is 43.3 Å². The molecule has 1 N–H and O–H groups in total. The number of nitrogens with zero attached hydrogens (tertiary/aromatic N) is 2. The van der Waals surface area contributed by atoms with Crippen LogP contribution in [0.3, 0.4) is 0 Å². The van der Waals surface area contributed by atoms with Crippen LogP contribution in [0.15, 0.2) is 48.8 Å². The van der Waals surface area contributed by atoms with Gasteiger partial charge in [-0.2, -0.15) is 0 Å². The Morgan fingerprint density at radius 3 is 2.65 bits per heavy atom. The minimum absolute atomic E-state index is 0.271. The number of hydrogen-bond donors (Lipinski definition) is 1. The monoisotopic (exact) mass is 224 g/mol. The van der Waals surface area contributed by atoms with E-state index in [4.69, 9.17) is 0 Å². The van der Waals surface area contributed by atoms with Gasteiger partial charge in [0.25, 0.3) is 0 Å². The van der Waals surface area contributed by atoms with Crippen molar-refractivity contribution in [2.24, 2.45) is 0 Å². The lowest BCUT2D eigenvalue weighted by molar-refractivity contribution is 0.475. The van der Waals surface area contributed by atoms with Crippen molar-refractivity contribution in [2.45, 2.75) is 6.92 Å². The summed E-state index contributed by atoms with van der Waals surface area (Å²) in [5.41, 5.74) is 4.03. The first kappa shape index (κ1) is 9.90. The van der Waals surface area contributed by atoms with Crippen molar-refractivity contribution in [2.75, 3.05) is 0 Å². The molecule has 0 spiro atoms. The van der Waals surface area contributed by atoms with Crippen LogP contribution in [0, 0.1) is 6.92 Å². The average molecular weight is 224 g/mol. The van der Waals surface area contributed by atoms with Gasteiger partial charge in [-0.3, -0.25) is 0 Å². The number of phenolic OH excluding ortho intramolecular Hbond substituents is 1. The molecule has 0 aliphatic carbocycles. The summed E-state index contributed by atoms with van der Waals surface area (Å²) in [5.74, 6) is 0.271. The lowest BCUT2D eigenvalue weighted by Crippen LogP contribution is -1.93. The van der Waals surface area contributed by atoms with Gasteiger partial charge in [0.05, 0.1) is 16.9 Å². The Morgan fingerprint density at radius 2 is 1.88 bits per heavy atom. The molecular weight excluding hydrogens is 212 g/mol. The van der Waals surface area contributed by atoms with Crippen LogP contribution in [0.2, 0.25) is 0 Å². The van der Waals surface area contributed by atoms with Crippen molar-refractivity contribution >= 4 is 5.52 Å². The number of rotatable bonds is 1. The maximum absolute atomic E-state index is 9.27. The van der Waals surface area contributed by atoms with E-state index in [1.54, 1.807) is 12.1 Å². The van der Waals surface area contributed by atoms with Crippen LogP contribution < -0.4 is 0 Å². The van der Waals surface area contributed by atoms with E-state index in [2.05, 4.69) is 9.38 Å². The lowest BCUT2D eigenvalue weighted by Gasteiger charge is -2.05. The predicted molar refractivity (Wildman–Crippen MR) is 67.0 cm³/mol. The first-order chi connectivity index (χ1) is 8.24. The quantitative estimate of drug-likeness (QED) is 0.690. The van der Waals surface area contributed by atoms with Gasteiger partial charge in [-0.15, -0.1) is 0 Å². The Labute approximate surface area is 99.0 Å². The molecule has 0 bridgehead atoms. The molecule has 84 valence electrons. The third-order valence-electron chi connectivity index (χ3n) is 2.86. The number of phenols is 1. The van der Waals surface area contributed by atoms with Gasteiger partial charge >= 0.3 is 0 Å². The summed E-state index contributed by atoms with van der Waals surface area (Å²) in [4.78, 5) is 4.57. The summed E-state index contributed by atoms with van der Waals surface area (Å²) >= 11 is 0. The molecule has 0 saturated heterocycles. The number of hydrogen-bond acceptors (Lipinski definition) is 2. The van der Waals surface area contributed by atoms with Crippen molar-refractivity contribution in [3.63, 3.8) is 0 Å². The molecule has 0 aliphatic heterocycles. The first-order valence-corrected chi connectivity index (χ1v) is 5.48. The zero-order valence-corrected chi connectivity index (χ0v) is 9.46. The average Bonchev–Trinajstić information content (AvgIpc) is 2.78. The van der Waals surface area contributed by atoms with Gasteiger partial charge in [0.15, 0.2) is 0 Å². The van der Waals surface area contributed by atoms with Crippen LogP contribution in [0.25, 0.3) is 16.8 Å². The van der Waals surface area contributed by atoms with Crippen molar-refractivity contribution in [1.82, 2.24) is 9.38 Å². The number of aryl methyl sites for hydroxylation is 1. The molecule has 2 aromatic heterocycles. The molecule has 0 fully saturated rings. The highest BCUT2D eigenvalue weighted by molar-refractivity contribution is 5.63. The van der Waals surface area contributed by atoms with E-state index in [9.17, 15) is 5.11 Å². The number of aromatic hydroxyl groups is 1. The van der Waals surface area contributed by atoms with Crippen molar-refractivity contribution in [3.8, 4) is 17.0 Å². The second-order valence-corrected chi connectivity index (χ2v) is 4.06. The Hall–Kier alpha value is -2.29. The van der Waals surface area contributed by atoms with Gasteiger partial charge < -0.3 is 9.51 Å². The standard InChI is InChI=1S/C14H12N2O/c1-10-14-3-2-8-16(14)9-13(15-10)11-4-6-12(17)7-5-11/h2-9,17H,1H3. The van der Waals surface area contributed by atoms with Crippen LogP contribution in [0.4, 0.5) is 0 Å². The Kier molecular flexibility index (Phi) is 2.11. The summed E-state index contributed by atoms with van der Waals surface area (Å²) in [5, 5.41) is 9.27. The molecule has 0 radical (unpaired) electrons. The molecule has 17 heavy (non-hydrogen) atoms. The van der Waals surface area contributed by atoms with E-state index in [1.807, 2.05) is 43.6 Å². The summed E-state index contributed by atoms with van der Waals surface area (Å²) in [6, 6.07) is 11.1. The van der Waals surface area contributed by atoms with Crippen molar-refractivity contribution in [1.29, 1.82) is 0 Å². The van der Waals surface area contributed by atoms with Crippen molar-refractivity contribution < 1.29 is 5.11 Å². The van der Waals surface area contributed by atoms with E-state index in [0.717, 1.165) is 22.5 Å². The summed E-state index contributed by atoms with van der Waals surface area (Å²) in [6.07, 6.45) is 4.00. The Bertz CT molecular complexity index is 668. The molecule has 2 heterocycles. The zero-order chi connectivity index (χ0) is 11.8. The minimum atomic E-state index is 0.271. The molecule has 3 nitrogen and oxygen atoms in total. The number of benzene rings is 1. The molecule has 1 aromatic carbocycles. The normalized spacial score (nSPS) is 10.9. The molecule has 3 rings (SSSR count). The molecule has 3 heteroatoms. The predicted octanol–water partition coefficient (Wildman–Crippen LogP) is 3.02. The van der Waals surface area contributed by atoms with Gasteiger partial charge in [-0.1, -0.05) is 0 Å². The van der Waals surface area contributed by atoms with Crippen molar-refractivity contribution in [3.05, 3.63) is 54.5 Å². The van der Waals surface area contributed by atoms with Crippen LogP contribution in [-0.2, 0) is 0 Å². The highest BCUT2D eigenvalue weighted by Crippen LogP contribution is 2.21. The number of aromatic nitrogens is 2. The highest BCUT2D eigenvalue weighted by Gasteiger charge is 2.04. The fourth-order valence-electron chi connectivity index (χ4n) is 1.98. The second kappa shape index (κ2) is 3.63. The van der Waals surface area contributed by atoms with Crippen LogP contribution in [0.5, 0.6) is 5.75 Å². The van der Waals surface area contributed by atoms with Crippen LogP contribution in [-0.4, -0.2) is 14.5 Å². The third-order valence-corrected chi connectivity index (χ3v) is 2.86. The molecule has 0 aliphatic rings. The third kappa shape index (κ3) is 1.65. The van der Waals surface area contributed by atoms with Gasteiger partial charge in [0.1, 0.15) is 5.75 Å². The molecular formula is C14H12N2O. The maximum Gasteiger partial charge on any atom is 0.115 e. The van der Waals surface area contributed by atoms with Gasteiger partial charge in [0.2, 0.25) is 0 Å². The first-order valence-electron chi connectivity index (χ1n) is 5.48. The molecule has 3 aromatic rings. The molecule has 0 unspecified atom stereocenters. The van der Waals surface area contributed by atoms with E-state index in [-0.39, 0.29) is 5.75 Å². The van der Waals surface area contributed by atoms with E-state index in [0.29, 0.717) is 0 Å². The smallest absolute Gasteiger partial charge is 0.115 e. The maximum atomic E-state index is 9.27. The van der Waals surface area contributed by atoms with Gasteiger partial charge in [0, 0.05) is 18.0 Å². The van der Waals surface area contributed by atoms with Crippen LogP contribution in [0.1, 0.15) is 5.69 Å². The summed E-state index contributed by atoms with van der Waals surface area (Å²) < 4.78 is 2.06. The Morgan fingerprint density at radius 1 is 1.12 bits per heavy atom. The SMILES string of the molecule is Cc1nc(-c2ccc(O)cc2)cn2cccc12. The van der Waals surface area contributed by atoms with E-state index in [1.165, 1.54) is 0 Å². The molecule has 0 saturated carbocycles. The fraction of sp³-hybridized carbons (Fsp3) is 0.0714. The number of fused-ring (bicyclic) bond motifs is 1.